The van der Waals surface area contributed by atoms with Gasteiger partial charge in [0.05, 0.1) is 0 Å². The van der Waals surface area contributed by atoms with Gasteiger partial charge in [-0.2, -0.15) is 0 Å². The number of rotatable bonds is 5. The van der Waals surface area contributed by atoms with E-state index in [1.165, 1.54) is 67.3 Å². The predicted octanol–water partition coefficient (Wildman–Crippen LogP) is 5.43. The van der Waals surface area contributed by atoms with Gasteiger partial charge in [0.2, 0.25) is 0 Å². The second-order valence-corrected chi connectivity index (χ2v) is 8.52. The minimum absolute atomic E-state index is 0.718. The van der Waals surface area contributed by atoms with Crippen molar-refractivity contribution in [2.45, 2.75) is 38.3 Å². The maximum absolute atomic E-state index is 2.69. The Balaban J connectivity index is 1.11. The Morgan fingerprint density at radius 1 is 0.679 bits per heavy atom. The summed E-state index contributed by atoms with van der Waals surface area (Å²) in [5, 5.41) is 2.84. The molecule has 0 aliphatic carbocycles. The molecule has 1 fully saturated rings. The van der Waals surface area contributed by atoms with Crippen molar-refractivity contribution in [2.24, 2.45) is 0 Å². The molecule has 3 aromatic carbocycles. The van der Waals surface area contributed by atoms with Crippen molar-refractivity contribution >= 4 is 10.8 Å². The number of nitrogens with zero attached hydrogens (tertiary/aromatic N) is 2. The van der Waals surface area contributed by atoms with Crippen LogP contribution < -0.4 is 0 Å². The lowest BCUT2D eigenvalue weighted by atomic mass is 9.86. The van der Waals surface area contributed by atoms with Crippen molar-refractivity contribution in [3.8, 4) is 0 Å². The molecule has 0 N–H and O–H groups in total. The Bertz CT molecular complexity index is 910. The fourth-order valence-corrected chi connectivity index (χ4v) is 5.15. The summed E-state index contributed by atoms with van der Waals surface area (Å²) in [6, 6.07) is 24.6. The maximum atomic E-state index is 2.69. The minimum Gasteiger partial charge on any atom is -0.303 e. The average Bonchev–Trinajstić information content (AvgIpc) is 3.17. The molecule has 28 heavy (non-hydrogen) atoms. The summed E-state index contributed by atoms with van der Waals surface area (Å²) in [6.45, 7) is 7.23. The number of fused-ring (bicyclic) bond motifs is 2. The van der Waals surface area contributed by atoms with Crippen LogP contribution in [0.25, 0.3) is 10.8 Å². The van der Waals surface area contributed by atoms with Crippen molar-refractivity contribution in [2.75, 3.05) is 26.2 Å². The van der Waals surface area contributed by atoms with Crippen molar-refractivity contribution < 1.29 is 0 Å². The lowest BCUT2D eigenvalue weighted by Gasteiger charge is -2.33. The van der Waals surface area contributed by atoms with Crippen molar-refractivity contribution in [3.63, 3.8) is 0 Å². The first-order valence-corrected chi connectivity index (χ1v) is 10.9. The largest absolute Gasteiger partial charge is 0.303 e. The molecule has 144 valence electrons. The predicted molar refractivity (Wildman–Crippen MR) is 118 cm³/mol. The Hall–Kier alpha value is -2.16. The van der Waals surface area contributed by atoms with Gasteiger partial charge in [0, 0.05) is 19.6 Å². The molecule has 0 unspecified atom stereocenters. The highest BCUT2D eigenvalue weighted by Gasteiger charge is 2.22. The SMILES string of the molecule is c1ccc2c(c1)CN(CCCN1CCC(c3cccc4ccccc34)CC1)C2. The van der Waals surface area contributed by atoms with Gasteiger partial charge in [-0.15, -0.1) is 0 Å². The third-order valence-electron chi connectivity index (χ3n) is 6.71. The van der Waals surface area contributed by atoms with E-state index in [1.807, 2.05) is 0 Å². The summed E-state index contributed by atoms with van der Waals surface area (Å²) in [4.78, 5) is 5.29. The van der Waals surface area contributed by atoms with Gasteiger partial charge in [0.1, 0.15) is 0 Å². The van der Waals surface area contributed by atoms with Gasteiger partial charge < -0.3 is 4.90 Å². The molecule has 3 aromatic rings. The van der Waals surface area contributed by atoms with E-state index in [4.69, 9.17) is 0 Å². The Labute approximate surface area is 168 Å². The van der Waals surface area contributed by atoms with Crippen molar-refractivity contribution in [1.82, 2.24) is 9.80 Å². The van der Waals surface area contributed by atoms with Crippen LogP contribution in [0.3, 0.4) is 0 Å². The van der Waals surface area contributed by atoms with Gasteiger partial charge in [-0.1, -0.05) is 66.7 Å². The second kappa shape index (κ2) is 8.06. The van der Waals surface area contributed by atoms with E-state index in [9.17, 15) is 0 Å². The molecule has 2 heterocycles. The highest BCUT2D eigenvalue weighted by Crippen LogP contribution is 2.33. The fourth-order valence-electron chi connectivity index (χ4n) is 5.15. The van der Waals surface area contributed by atoms with E-state index in [2.05, 4.69) is 76.5 Å². The smallest absolute Gasteiger partial charge is 0.0240 e. The van der Waals surface area contributed by atoms with Gasteiger partial charge in [-0.25, -0.2) is 0 Å². The molecule has 1 saturated heterocycles. The van der Waals surface area contributed by atoms with E-state index >= 15 is 0 Å². The number of hydrogen-bond donors (Lipinski definition) is 0. The minimum atomic E-state index is 0.718. The van der Waals surface area contributed by atoms with E-state index in [0.29, 0.717) is 0 Å². The molecule has 2 heteroatoms. The van der Waals surface area contributed by atoms with Gasteiger partial charge >= 0.3 is 0 Å². The number of likely N-dealkylation sites (tertiary alicyclic amines) is 1. The summed E-state index contributed by atoms with van der Waals surface area (Å²) in [5.41, 5.74) is 4.62. The summed E-state index contributed by atoms with van der Waals surface area (Å²) in [5.74, 6) is 0.718. The van der Waals surface area contributed by atoms with Gasteiger partial charge in [0.25, 0.3) is 0 Å². The number of benzene rings is 3. The number of piperidine rings is 1. The topological polar surface area (TPSA) is 6.48 Å². The first kappa shape index (κ1) is 17.9. The van der Waals surface area contributed by atoms with Crippen LogP contribution in [-0.2, 0) is 13.1 Å². The van der Waals surface area contributed by atoms with Crippen LogP contribution in [0.1, 0.15) is 41.9 Å². The summed E-state index contributed by atoms with van der Waals surface area (Å²) in [7, 11) is 0. The second-order valence-electron chi connectivity index (χ2n) is 8.52. The molecule has 0 saturated carbocycles. The van der Waals surface area contributed by atoms with Gasteiger partial charge in [-0.3, -0.25) is 4.90 Å². The molecular weight excluding hydrogens is 340 g/mol. The quantitative estimate of drug-likeness (QED) is 0.591. The van der Waals surface area contributed by atoms with E-state index in [1.54, 1.807) is 5.56 Å². The molecule has 2 nitrogen and oxygen atoms in total. The Kier molecular flexibility index (Phi) is 5.16. The lowest BCUT2D eigenvalue weighted by molar-refractivity contribution is 0.192. The van der Waals surface area contributed by atoms with Crippen LogP contribution >= 0.6 is 0 Å². The summed E-state index contributed by atoms with van der Waals surface area (Å²) in [6.07, 6.45) is 3.87. The molecule has 0 atom stereocenters. The molecule has 0 bridgehead atoms. The molecule has 0 radical (unpaired) electrons. The molecular formula is C26H30N2. The average molecular weight is 371 g/mol. The maximum Gasteiger partial charge on any atom is 0.0240 e. The highest BCUT2D eigenvalue weighted by molar-refractivity contribution is 5.86. The zero-order valence-corrected chi connectivity index (χ0v) is 16.7. The Morgan fingerprint density at radius 2 is 1.32 bits per heavy atom. The van der Waals surface area contributed by atoms with E-state index in [-0.39, 0.29) is 0 Å². The van der Waals surface area contributed by atoms with E-state index < -0.39 is 0 Å². The molecule has 2 aliphatic heterocycles. The van der Waals surface area contributed by atoms with Crippen LogP contribution in [0.2, 0.25) is 0 Å². The van der Waals surface area contributed by atoms with Crippen molar-refractivity contribution in [3.05, 3.63) is 83.4 Å². The molecule has 0 amide bonds. The zero-order chi connectivity index (χ0) is 18.8. The third kappa shape index (κ3) is 3.72. The van der Waals surface area contributed by atoms with Crippen LogP contribution in [0.4, 0.5) is 0 Å². The summed E-state index contributed by atoms with van der Waals surface area (Å²) < 4.78 is 0. The lowest BCUT2D eigenvalue weighted by Crippen LogP contribution is -2.35. The molecule has 5 rings (SSSR count). The standard InChI is InChI=1S/C26H30N2/c1-2-9-24-20-28(19-23(24)8-1)16-6-15-27-17-13-22(14-18-27)26-12-5-10-21-7-3-4-11-25(21)26/h1-5,7-12,22H,6,13-20H2. The number of hydrogen-bond acceptors (Lipinski definition) is 2. The van der Waals surface area contributed by atoms with Crippen LogP contribution in [-0.4, -0.2) is 36.0 Å². The first-order chi connectivity index (χ1) is 13.9. The molecule has 0 spiro atoms. The first-order valence-electron chi connectivity index (χ1n) is 10.9. The molecule has 0 aromatic heterocycles. The summed E-state index contributed by atoms with van der Waals surface area (Å²) >= 11 is 0. The molecule has 2 aliphatic rings. The highest BCUT2D eigenvalue weighted by atomic mass is 15.2. The van der Waals surface area contributed by atoms with Crippen LogP contribution in [0.5, 0.6) is 0 Å². The third-order valence-corrected chi connectivity index (χ3v) is 6.71. The van der Waals surface area contributed by atoms with Crippen LogP contribution in [0, 0.1) is 0 Å². The van der Waals surface area contributed by atoms with Gasteiger partial charge in [-0.05, 0) is 72.3 Å². The Morgan fingerprint density at radius 3 is 2.11 bits per heavy atom. The zero-order valence-electron chi connectivity index (χ0n) is 16.7. The fraction of sp³-hybridized carbons (Fsp3) is 0.385. The normalized spacial score (nSPS) is 18.6. The van der Waals surface area contributed by atoms with Crippen LogP contribution in [0.15, 0.2) is 66.7 Å². The van der Waals surface area contributed by atoms with Gasteiger partial charge in [0.15, 0.2) is 0 Å². The van der Waals surface area contributed by atoms with Crippen molar-refractivity contribution in [1.29, 1.82) is 0 Å². The van der Waals surface area contributed by atoms with E-state index in [0.717, 1.165) is 19.0 Å². The monoisotopic (exact) mass is 370 g/mol.